The highest BCUT2D eigenvalue weighted by Crippen LogP contribution is 2.16. The number of unbranched alkanes of at least 4 members (excludes halogenated alkanes) is 1. The van der Waals surface area contributed by atoms with Gasteiger partial charge in [-0.3, -0.25) is 9.59 Å². The van der Waals surface area contributed by atoms with E-state index in [1.165, 1.54) is 0 Å². The number of sulfone groups is 1. The molecule has 0 saturated carbocycles. The number of hydrogen-bond acceptors (Lipinski definition) is 8. The first kappa shape index (κ1) is 27.0. The van der Waals surface area contributed by atoms with Crippen LogP contribution < -0.4 is 10.6 Å². The summed E-state index contributed by atoms with van der Waals surface area (Å²) in [6.07, 6.45) is 2.81. The van der Waals surface area contributed by atoms with Crippen LogP contribution in [0.15, 0.2) is 59.0 Å². The van der Waals surface area contributed by atoms with E-state index in [1.807, 2.05) is 18.2 Å². The highest BCUT2D eigenvalue weighted by molar-refractivity contribution is 7.90. The Morgan fingerprint density at radius 2 is 1.73 bits per heavy atom. The van der Waals surface area contributed by atoms with Crippen molar-refractivity contribution in [2.75, 3.05) is 25.5 Å². The Kier molecular flexibility index (Phi) is 9.43. The Hall–Kier alpha value is -3.08. The van der Waals surface area contributed by atoms with Gasteiger partial charge in [0.05, 0.1) is 11.5 Å². The van der Waals surface area contributed by atoms with E-state index in [2.05, 4.69) is 15.6 Å². The lowest BCUT2D eigenvalue weighted by Gasteiger charge is -2.28. The van der Waals surface area contributed by atoms with Gasteiger partial charge < -0.3 is 19.8 Å². The minimum absolute atomic E-state index is 0.0188. The predicted octanol–water partition coefficient (Wildman–Crippen LogP) is 3.05. The van der Waals surface area contributed by atoms with Crippen molar-refractivity contribution in [1.29, 1.82) is 0 Å². The van der Waals surface area contributed by atoms with Crippen LogP contribution in [0, 0.1) is 0 Å². The van der Waals surface area contributed by atoms with Gasteiger partial charge in [-0.05, 0) is 43.4 Å². The summed E-state index contributed by atoms with van der Waals surface area (Å²) in [5, 5.41) is 6.09. The van der Waals surface area contributed by atoms with Gasteiger partial charge in [0.15, 0.2) is 15.4 Å². The average molecular weight is 528 g/mol. The molecule has 2 N–H and O–H groups in total. The molecule has 0 radical (unpaired) electrons. The van der Waals surface area contributed by atoms with Crippen molar-refractivity contribution in [3.05, 3.63) is 66.1 Å². The van der Waals surface area contributed by atoms with E-state index >= 15 is 0 Å². The van der Waals surface area contributed by atoms with Crippen molar-refractivity contribution in [2.24, 2.45) is 0 Å². The van der Waals surface area contributed by atoms with Crippen LogP contribution in [0.4, 0.5) is 0 Å². The molecule has 1 aromatic heterocycles. The van der Waals surface area contributed by atoms with Crippen LogP contribution in [0.5, 0.6) is 0 Å². The second-order valence-electron chi connectivity index (χ2n) is 9.30. The number of para-hydroxylation sites is 2. The van der Waals surface area contributed by atoms with Gasteiger partial charge in [0.2, 0.25) is 11.7 Å². The summed E-state index contributed by atoms with van der Waals surface area (Å²) in [6, 6.07) is 15.3. The van der Waals surface area contributed by atoms with Crippen molar-refractivity contribution in [3.63, 3.8) is 0 Å². The van der Waals surface area contributed by atoms with Crippen molar-refractivity contribution < 1.29 is 27.2 Å². The number of carbonyl (C=O) groups excluding carboxylic acids is 2. The molecule has 1 aliphatic heterocycles. The van der Waals surface area contributed by atoms with Crippen LogP contribution >= 0.6 is 0 Å². The fraction of sp³-hybridized carbons (Fsp3) is 0.444. The molecule has 4 rings (SSSR count). The molecule has 1 saturated heterocycles. The van der Waals surface area contributed by atoms with E-state index in [9.17, 15) is 18.0 Å². The third-order valence-electron chi connectivity index (χ3n) is 6.29. The quantitative estimate of drug-likeness (QED) is 0.256. The molecular formula is C27H33N3O6S. The van der Waals surface area contributed by atoms with Gasteiger partial charge >= 0.3 is 0 Å². The van der Waals surface area contributed by atoms with Crippen LogP contribution in [-0.4, -0.2) is 62.7 Å². The molecule has 0 bridgehead atoms. The summed E-state index contributed by atoms with van der Waals surface area (Å²) in [4.78, 5) is 29.6. The molecule has 0 aliphatic carbocycles. The number of hydrogen-bond donors (Lipinski definition) is 2. The van der Waals surface area contributed by atoms with Crippen LogP contribution in [0.1, 0.15) is 48.4 Å². The molecule has 10 heteroatoms. The largest absolute Gasteiger partial charge is 0.434 e. The number of fused-ring (bicyclic) bond motifs is 1. The van der Waals surface area contributed by atoms with Crippen molar-refractivity contribution in [3.8, 4) is 0 Å². The number of ketones is 1. The van der Waals surface area contributed by atoms with E-state index in [-0.39, 0.29) is 41.5 Å². The standard InChI is InChI=1S/C27H33N3O6S/c31-24(27-30-22-10-4-5-12-25(22)36-27)11-6-7-15-28-26(32)23(29-21-13-16-35-17-14-21)19-37(33,34)18-20-8-2-1-3-9-20/h1-5,8-10,12,21,23,29H,6-7,11,13-19H2,(H,28,32)/t23-/m0/s1. The number of Topliss-reactive ketones (excluding diaryl/α,β-unsaturated/α-hetero) is 1. The Bertz CT molecular complexity index is 1250. The predicted molar refractivity (Wildman–Crippen MR) is 140 cm³/mol. The van der Waals surface area contributed by atoms with Gasteiger partial charge in [0, 0.05) is 32.2 Å². The maximum absolute atomic E-state index is 13.0. The van der Waals surface area contributed by atoms with Crippen LogP contribution in [0.3, 0.4) is 0 Å². The summed E-state index contributed by atoms with van der Waals surface area (Å²) in [6.45, 7) is 1.50. The van der Waals surface area contributed by atoms with Gasteiger partial charge in [0.25, 0.3) is 5.89 Å². The Morgan fingerprint density at radius 1 is 1.00 bits per heavy atom. The van der Waals surface area contributed by atoms with Crippen LogP contribution in [0.2, 0.25) is 0 Å². The molecule has 3 aromatic rings. The fourth-order valence-corrected chi connectivity index (χ4v) is 5.91. The number of carbonyl (C=O) groups is 2. The summed E-state index contributed by atoms with van der Waals surface area (Å²) < 4.78 is 36.7. The molecule has 1 fully saturated rings. The van der Waals surface area contributed by atoms with Gasteiger partial charge in [0.1, 0.15) is 11.6 Å². The Labute approximate surface area is 216 Å². The summed E-state index contributed by atoms with van der Waals surface area (Å²) in [7, 11) is -3.53. The monoisotopic (exact) mass is 527 g/mol. The van der Waals surface area contributed by atoms with Crippen LogP contribution in [-0.2, 0) is 25.1 Å². The van der Waals surface area contributed by atoms with Gasteiger partial charge in [-0.25, -0.2) is 13.4 Å². The highest BCUT2D eigenvalue weighted by atomic mass is 32.2. The topological polar surface area (TPSA) is 128 Å². The molecule has 1 amide bonds. The van der Waals surface area contributed by atoms with Crippen molar-refractivity contribution >= 4 is 32.6 Å². The maximum atomic E-state index is 13.0. The first-order valence-corrected chi connectivity index (χ1v) is 14.5. The lowest BCUT2D eigenvalue weighted by molar-refractivity contribution is -0.123. The number of nitrogens with zero attached hydrogens (tertiary/aromatic N) is 1. The minimum Gasteiger partial charge on any atom is -0.434 e. The molecule has 9 nitrogen and oxygen atoms in total. The Balaban J connectivity index is 1.27. The highest BCUT2D eigenvalue weighted by Gasteiger charge is 2.28. The summed E-state index contributed by atoms with van der Waals surface area (Å²) >= 11 is 0. The summed E-state index contributed by atoms with van der Waals surface area (Å²) in [5.41, 5.74) is 1.91. The molecule has 37 heavy (non-hydrogen) atoms. The number of rotatable bonds is 13. The van der Waals surface area contributed by atoms with E-state index < -0.39 is 15.9 Å². The molecule has 2 heterocycles. The van der Waals surface area contributed by atoms with E-state index in [1.54, 1.807) is 36.4 Å². The van der Waals surface area contributed by atoms with E-state index in [0.29, 0.717) is 49.3 Å². The number of nitrogens with one attached hydrogen (secondary N) is 2. The summed E-state index contributed by atoms with van der Waals surface area (Å²) in [5.74, 6) is -0.858. The van der Waals surface area contributed by atoms with E-state index in [4.69, 9.17) is 9.15 Å². The second kappa shape index (κ2) is 12.9. The van der Waals surface area contributed by atoms with Crippen molar-refractivity contribution in [2.45, 2.75) is 49.9 Å². The molecule has 0 unspecified atom stereocenters. The second-order valence-corrected chi connectivity index (χ2v) is 11.4. The lowest BCUT2D eigenvalue weighted by Crippen LogP contribution is -2.53. The zero-order valence-corrected chi connectivity index (χ0v) is 21.5. The first-order chi connectivity index (χ1) is 17.9. The number of benzene rings is 2. The third-order valence-corrected chi connectivity index (χ3v) is 7.90. The zero-order valence-electron chi connectivity index (χ0n) is 20.7. The Morgan fingerprint density at radius 3 is 2.49 bits per heavy atom. The number of ether oxygens (including phenoxy) is 1. The number of aromatic nitrogens is 1. The maximum Gasteiger partial charge on any atom is 0.264 e. The smallest absolute Gasteiger partial charge is 0.264 e. The van der Waals surface area contributed by atoms with Gasteiger partial charge in [-0.2, -0.15) is 0 Å². The molecule has 0 spiro atoms. The molecule has 2 aromatic carbocycles. The normalized spacial score (nSPS) is 15.5. The average Bonchev–Trinajstić information content (AvgIpc) is 3.33. The zero-order chi connectivity index (χ0) is 26.1. The van der Waals surface area contributed by atoms with Crippen molar-refractivity contribution in [1.82, 2.24) is 15.6 Å². The first-order valence-electron chi connectivity index (χ1n) is 12.6. The van der Waals surface area contributed by atoms with Gasteiger partial charge in [-0.15, -0.1) is 0 Å². The van der Waals surface area contributed by atoms with Gasteiger partial charge in [-0.1, -0.05) is 42.5 Å². The lowest BCUT2D eigenvalue weighted by atomic mass is 10.1. The fourth-order valence-electron chi connectivity index (χ4n) is 4.33. The minimum atomic E-state index is -3.53. The molecule has 1 aliphatic rings. The molecular weight excluding hydrogens is 494 g/mol. The van der Waals surface area contributed by atoms with Crippen LogP contribution in [0.25, 0.3) is 11.1 Å². The van der Waals surface area contributed by atoms with E-state index in [0.717, 1.165) is 12.8 Å². The molecule has 198 valence electrons. The molecule has 1 atom stereocenters. The third kappa shape index (κ3) is 8.21. The SMILES string of the molecule is O=C(CCCCNC(=O)[C@H](CS(=O)(=O)Cc1ccccc1)NC1CCOCC1)c1nc2ccccc2o1. The number of oxazole rings is 1. The number of amides is 1.